The third kappa shape index (κ3) is 4.73. The lowest BCUT2D eigenvalue weighted by Crippen LogP contribution is -2.52. The molecule has 1 aliphatic heterocycles. The first-order chi connectivity index (χ1) is 9.10. The smallest absolute Gasteiger partial charge is 0.0110 e. The molecule has 2 aliphatic rings. The van der Waals surface area contributed by atoms with Gasteiger partial charge in [0.15, 0.2) is 0 Å². The fourth-order valence-corrected chi connectivity index (χ4v) is 3.59. The highest BCUT2D eigenvalue weighted by Crippen LogP contribution is 2.36. The Balaban J connectivity index is 1.89. The normalized spacial score (nSPS) is 25.9. The standard InChI is InChI=1S/C16H33N3/c1-15(2)17-13-16(7-5-4-6-8-16)14-19-11-9-18(3)10-12-19/h15,17H,4-14H2,1-3H3. The topological polar surface area (TPSA) is 18.5 Å². The van der Waals surface area contributed by atoms with Gasteiger partial charge in [-0.05, 0) is 25.3 Å². The molecule has 19 heavy (non-hydrogen) atoms. The summed E-state index contributed by atoms with van der Waals surface area (Å²) >= 11 is 0. The highest BCUT2D eigenvalue weighted by molar-refractivity contribution is 4.89. The molecule has 1 saturated heterocycles. The Bertz CT molecular complexity index is 251. The molecule has 0 atom stereocenters. The van der Waals surface area contributed by atoms with Crippen LogP contribution < -0.4 is 5.32 Å². The van der Waals surface area contributed by atoms with Crippen molar-refractivity contribution in [3.63, 3.8) is 0 Å². The van der Waals surface area contributed by atoms with Crippen molar-refractivity contribution in [2.75, 3.05) is 46.3 Å². The van der Waals surface area contributed by atoms with Gasteiger partial charge in [-0.2, -0.15) is 0 Å². The van der Waals surface area contributed by atoms with Gasteiger partial charge < -0.3 is 15.1 Å². The number of nitrogens with zero attached hydrogens (tertiary/aromatic N) is 2. The number of likely N-dealkylation sites (N-methyl/N-ethyl adjacent to an activating group) is 1. The van der Waals surface area contributed by atoms with E-state index >= 15 is 0 Å². The molecule has 0 bridgehead atoms. The van der Waals surface area contributed by atoms with Gasteiger partial charge in [-0.1, -0.05) is 33.1 Å². The molecule has 1 heterocycles. The highest BCUT2D eigenvalue weighted by atomic mass is 15.2. The molecule has 3 heteroatoms. The lowest BCUT2D eigenvalue weighted by atomic mass is 9.73. The van der Waals surface area contributed by atoms with Crippen molar-refractivity contribution in [3.8, 4) is 0 Å². The lowest BCUT2D eigenvalue weighted by Gasteiger charge is -2.44. The quantitative estimate of drug-likeness (QED) is 0.824. The Kier molecular flexibility index (Phi) is 5.67. The largest absolute Gasteiger partial charge is 0.314 e. The van der Waals surface area contributed by atoms with Gasteiger partial charge >= 0.3 is 0 Å². The Labute approximate surface area is 119 Å². The summed E-state index contributed by atoms with van der Waals surface area (Å²) in [4.78, 5) is 5.17. The van der Waals surface area contributed by atoms with Crippen molar-refractivity contribution in [3.05, 3.63) is 0 Å². The molecule has 2 fully saturated rings. The van der Waals surface area contributed by atoms with Gasteiger partial charge in [0.2, 0.25) is 0 Å². The molecule has 0 aromatic carbocycles. The van der Waals surface area contributed by atoms with E-state index in [1.54, 1.807) is 0 Å². The molecule has 112 valence electrons. The number of hydrogen-bond donors (Lipinski definition) is 1. The van der Waals surface area contributed by atoms with Crippen molar-refractivity contribution in [2.24, 2.45) is 5.41 Å². The van der Waals surface area contributed by atoms with Crippen molar-refractivity contribution < 1.29 is 0 Å². The van der Waals surface area contributed by atoms with E-state index in [0.717, 1.165) is 0 Å². The molecule has 0 unspecified atom stereocenters. The van der Waals surface area contributed by atoms with Gasteiger partial charge in [0.1, 0.15) is 0 Å². The molecule has 1 aliphatic carbocycles. The monoisotopic (exact) mass is 267 g/mol. The summed E-state index contributed by atoms with van der Waals surface area (Å²) in [5, 5.41) is 3.72. The van der Waals surface area contributed by atoms with Gasteiger partial charge in [-0.15, -0.1) is 0 Å². The van der Waals surface area contributed by atoms with Crippen LogP contribution in [0.25, 0.3) is 0 Å². The van der Waals surface area contributed by atoms with Crippen molar-refractivity contribution in [1.82, 2.24) is 15.1 Å². The Morgan fingerprint density at radius 2 is 1.63 bits per heavy atom. The van der Waals surface area contributed by atoms with Gasteiger partial charge in [-0.3, -0.25) is 0 Å². The number of piperazine rings is 1. The van der Waals surface area contributed by atoms with Crippen LogP contribution in [0.2, 0.25) is 0 Å². The predicted molar refractivity (Wildman–Crippen MR) is 82.6 cm³/mol. The fourth-order valence-electron chi connectivity index (χ4n) is 3.59. The Hall–Kier alpha value is -0.120. The molecule has 0 spiro atoms. The van der Waals surface area contributed by atoms with Crippen molar-refractivity contribution in [1.29, 1.82) is 0 Å². The first-order valence-corrected chi connectivity index (χ1v) is 8.24. The van der Waals surface area contributed by atoms with Crippen LogP contribution in [0.1, 0.15) is 46.0 Å². The van der Waals surface area contributed by atoms with Crippen LogP contribution in [-0.2, 0) is 0 Å². The minimum atomic E-state index is 0.554. The third-order valence-corrected chi connectivity index (χ3v) is 4.95. The van der Waals surface area contributed by atoms with E-state index in [1.165, 1.54) is 71.4 Å². The van der Waals surface area contributed by atoms with E-state index in [9.17, 15) is 0 Å². The van der Waals surface area contributed by atoms with E-state index in [-0.39, 0.29) is 0 Å². The minimum absolute atomic E-state index is 0.554. The summed E-state index contributed by atoms with van der Waals surface area (Å²) < 4.78 is 0. The maximum Gasteiger partial charge on any atom is 0.0110 e. The van der Waals surface area contributed by atoms with E-state index in [2.05, 4.69) is 36.0 Å². The second-order valence-electron chi connectivity index (χ2n) is 7.18. The summed E-state index contributed by atoms with van der Waals surface area (Å²) in [7, 11) is 2.24. The molecule has 2 rings (SSSR count). The second kappa shape index (κ2) is 7.05. The Morgan fingerprint density at radius 1 is 1.00 bits per heavy atom. The summed E-state index contributed by atoms with van der Waals surface area (Å²) in [5.74, 6) is 0. The minimum Gasteiger partial charge on any atom is -0.314 e. The van der Waals surface area contributed by atoms with Gasteiger partial charge in [-0.25, -0.2) is 0 Å². The van der Waals surface area contributed by atoms with E-state index in [4.69, 9.17) is 0 Å². The van der Waals surface area contributed by atoms with Crippen LogP contribution in [0, 0.1) is 5.41 Å². The van der Waals surface area contributed by atoms with Crippen LogP contribution >= 0.6 is 0 Å². The zero-order chi connectivity index (χ0) is 13.7. The second-order valence-corrected chi connectivity index (χ2v) is 7.18. The summed E-state index contributed by atoms with van der Waals surface area (Å²) in [6.07, 6.45) is 7.19. The summed E-state index contributed by atoms with van der Waals surface area (Å²) in [6, 6.07) is 0.617. The predicted octanol–water partition coefficient (Wildman–Crippen LogP) is 2.18. The van der Waals surface area contributed by atoms with Crippen LogP contribution in [0.15, 0.2) is 0 Å². The Morgan fingerprint density at radius 3 is 2.21 bits per heavy atom. The molecular weight excluding hydrogens is 234 g/mol. The maximum atomic E-state index is 3.72. The van der Waals surface area contributed by atoms with Crippen LogP contribution in [0.4, 0.5) is 0 Å². The van der Waals surface area contributed by atoms with E-state index in [0.29, 0.717) is 11.5 Å². The first kappa shape index (κ1) is 15.3. The lowest BCUT2D eigenvalue weighted by molar-refractivity contribution is 0.0681. The fraction of sp³-hybridized carbons (Fsp3) is 1.00. The number of hydrogen-bond acceptors (Lipinski definition) is 3. The molecule has 0 aromatic rings. The number of rotatable bonds is 5. The van der Waals surface area contributed by atoms with Crippen LogP contribution in [0.3, 0.4) is 0 Å². The van der Waals surface area contributed by atoms with Crippen molar-refractivity contribution >= 4 is 0 Å². The average Bonchev–Trinajstić information content (AvgIpc) is 2.41. The number of nitrogens with one attached hydrogen (secondary N) is 1. The summed E-state index contributed by atoms with van der Waals surface area (Å²) in [6.45, 7) is 12.1. The molecular formula is C16H33N3. The van der Waals surface area contributed by atoms with Crippen molar-refractivity contribution in [2.45, 2.75) is 52.0 Å². The first-order valence-electron chi connectivity index (χ1n) is 8.24. The zero-order valence-electron chi connectivity index (χ0n) is 13.2. The third-order valence-electron chi connectivity index (χ3n) is 4.95. The maximum absolute atomic E-state index is 3.72. The molecule has 0 amide bonds. The SMILES string of the molecule is CC(C)NCC1(CN2CCN(C)CC2)CCCCC1. The zero-order valence-corrected chi connectivity index (χ0v) is 13.2. The van der Waals surface area contributed by atoms with Crippen LogP contribution in [0.5, 0.6) is 0 Å². The molecule has 1 N–H and O–H groups in total. The van der Waals surface area contributed by atoms with Crippen LogP contribution in [-0.4, -0.2) is 62.2 Å². The van der Waals surface area contributed by atoms with Gasteiger partial charge in [0.05, 0.1) is 0 Å². The average molecular weight is 267 g/mol. The van der Waals surface area contributed by atoms with Gasteiger partial charge in [0, 0.05) is 45.3 Å². The molecule has 1 saturated carbocycles. The van der Waals surface area contributed by atoms with Gasteiger partial charge in [0.25, 0.3) is 0 Å². The molecule has 3 nitrogen and oxygen atoms in total. The van der Waals surface area contributed by atoms with E-state index < -0.39 is 0 Å². The molecule has 0 aromatic heterocycles. The highest BCUT2D eigenvalue weighted by Gasteiger charge is 2.34. The summed E-state index contributed by atoms with van der Waals surface area (Å²) in [5.41, 5.74) is 0.554. The van der Waals surface area contributed by atoms with E-state index in [1.807, 2.05) is 0 Å². The molecule has 0 radical (unpaired) electrons.